The molecule has 0 heterocycles. The van der Waals surface area contributed by atoms with Crippen molar-refractivity contribution in [1.29, 1.82) is 0 Å². The Morgan fingerprint density at radius 1 is 1.17 bits per heavy atom. The average molecular weight is 237 g/mol. The minimum Gasteiger partial charge on any atom is -0.344 e. The van der Waals surface area contributed by atoms with Crippen LogP contribution in [0, 0.1) is 0 Å². The van der Waals surface area contributed by atoms with Gasteiger partial charge in [-0.2, -0.15) is 0 Å². The third-order valence-corrected chi connectivity index (χ3v) is 3.26. The number of likely N-dealkylation sites (N-methyl/N-ethyl adjacent to an activating group) is 1. The molecule has 0 aromatic heterocycles. The maximum Gasteiger partial charge on any atom is 0.0487 e. The number of nitrogens with zero attached hydrogens (tertiary/aromatic N) is 1. The van der Waals surface area contributed by atoms with Crippen LogP contribution in [0.5, 0.6) is 0 Å². The van der Waals surface area contributed by atoms with Gasteiger partial charge in [0.15, 0.2) is 0 Å². The second-order valence-corrected chi connectivity index (χ2v) is 4.36. The lowest BCUT2D eigenvalue weighted by Crippen LogP contribution is -2.17. The van der Waals surface area contributed by atoms with Crippen LogP contribution in [0.1, 0.15) is 24.0 Å². The Morgan fingerprint density at radius 2 is 2.00 bits per heavy atom. The lowest BCUT2D eigenvalue weighted by molar-refractivity contribution is 0.983. The predicted molar refractivity (Wildman–Crippen MR) is 81.5 cm³/mol. The standard InChI is InChI=1S/C17H19N/c1-4-14-10-9-13-17(16(14)5-2)18(3)15-11-7-6-8-12-15/h4-5,7,9-13H,1-2,6,8H2,3H3. The highest BCUT2D eigenvalue weighted by atomic mass is 15.1. The van der Waals surface area contributed by atoms with Crippen LogP contribution in [0.2, 0.25) is 0 Å². The van der Waals surface area contributed by atoms with Crippen molar-refractivity contribution in [3.8, 4) is 0 Å². The van der Waals surface area contributed by atoms with Gasteiger partial charge in [0, 0.05) is 24.0 Å². The van der Waals surface area contributed by atoms with Gasteiger partial charge in [0.25, 0.3) is 0 Å². The fraction of sp³-hybridized carbons (Fsp3) is 0.176. The van der Waals surface area contributed by atoms with Gasteiger partial charge in [-0.15, -0.1) is 0 Å². The van der Waals surface area contributed by atoms with E-state index in [9.17, 15) is 0 Å². The zero-order valence-corrected chi connectivity index (χ0v) is 10.9. The van der Waals surface area contributed by atoms with Gasteiger partial charge in [-0.1, -0.05) is 49.6 Å². The molecule has 92 valence electrons. The molecule has 0 saturated heterocycles. The molecule has 1 aliphatic carbocycles. The van der Waals surface area contributed by atoms with E-state index in [0.29, 0.717) is 0 Å². The normalized spacial score (nSPS) is 13.9. The van der Waals surface area contributed by atoms with E-state index in [0.717, 1.165) is 24.0 Å². The molecule has 0 radical (unpaired) electrons. The Morgan fingerprint density at radius 3 is 2.61 bits per heavy atom. The van der Waals surface area contributed by atoms with Crippen LogP contribution in [0.3, 0.4) is 0 Å². The van der Waals surface area contributed by atoms with E-state index >= 15 is 0 Å². The van der Waals surface area contributed by atoms with Gasteiger partial charge in [0.05, 0.1) is 0 Å². The van der Waals surface area contributed by atoms with Crippen LogP contribution in [-0.2, 0) is 0 Å². The lowest BCUT2D eigenvalue weighted by Gasteiger charge is -2.25. The number of benzene rings is 1. The molecule has 0 spiro atoms. The first-order valence-corrected chi connectivity index (χ1v) is 6.26. The van der Waals surface area contributed by atoms with Crippen LogP contribution in [0.4, 0.5) is 5.69 Å². The van der Waals surface area contributed by atoms with Crippen LogP contribution < -0.4 is 4.90 Å². The van der Waals surface area contributed by atoms with E-state index in [-0.39, 0.29) is 0 Å². The van der Waals surface area contributed by atoms with Crippen LogP contribution in [0.15, 0.2) is 55.3 Å². The number of hydrogen-bond donors (Lipinski definition) is 0. The minimum absolute atomic E-state index is 1.11. The van der Waals surface area contributed by atoms with E-state index in [4.69, 9.17) is 0 Å². The molecule has 2 rings (SSSR count). The summed E-state index contributed by atoms with van der Waals surface area (Å²) in [5, 5.41) is 0. The van der Waals surface area contributed by atoms with Crippen molar-refractivity contribution in [3.63, 3.8) is 0 Å². The quantitative estimate of drug-likeness (QED) is 0.737. The molecule has 0 amide bonds. The number of allylic oxidation sites excluding steroid dienone is 3. The third kappa shape index (κ3) is 2.30. The van der Waals surface area contributed by atoms with Gasteiger partial charge in [-0.05, 0) is 30.5 Å². The van der Waals surface area contributed by atoms with Crippen LogP contribution in [0.25, 0.3) is 12.2 Å². The molecule has 0 aliphatic heterocycles. The van der Waals surface area contributed by atoms with E-state index < -0.39 is 0 Å². The molecule has 0 bridgehead atoms. The molecule has 0 N–H and O–H groups in total. The second kappa shape index (κ2) is 5.54. The Labute approximate surface area is 109 Å². The molecule has 18 heavy (non-hydrogen) atoms. The Balaban J connectivity index is 2.44. The van der Waals surface area contributed by atoms with Crippen LogP contribution in [-0.4, -0.2) is 7.05 Å². The van der Waals surface area contributed by atoms with Gasteiger partial charge < -0.3 is 4.90 Å². The summed E-state index contributed by atoms with van der Waals surface area (Å²) in [4.78, 5) is 2.21. The molecule has 1 nitrogen and oxygen atoms in total. The molecule has 1 aromatic rings. The van der Waals surface area contributed by atoms with Crippen molar-refractivity contribution in [2.75, 3.05) is 11.9 Å². The second-order valence-electron chi connectivity index (χ2n) is 4.36. The van der Waals surface area contributed by atoms with Crippen LogP contribution >= 0.6 is 0 Å². The van der Waals surface area contributed by atoms with E-state index in [2.05, 4.69) is 61.5 Å². The van der Waals surface area contributed by atoms with Crippen molar-refractivity contribution in [2.45, 2.75) is 12.8 Å². The molecule has 0 unspecified atom stereocenters. The first kappa shape index (κ1) is 12.4. The monoisotopic (exact) mass is 237 g/mol. The summed E-state index contributed by atoms with van der Waals surface area (Å²) < 4.78 is 0. The fourth-order valence-electron chi connectivity index (χ4n) is 2.25. The van der Waals surface area contributed by atoms with Gasteiger partial charge >= 0.3 is 0 Å². The third-order valence-electron chi connectivity index (χ3n) is 3.26. The van der Waals surface area contributed by atoms with Crippen molar-refractivity contribution in [3.05, 3.63) is 66.4 Å². The largest absolute Gasteiger partial charge is 0.344 e. The highest BCUT2D eigenvalue weighted by molar-refractivity contribution is 5.77. The zero-order valence-electron chi connectivity index (χ0n) is 10.9. The fourth-order valence-corrected chi connectivity index (χ4v) is 2.25. The van der Waals surface area contributed by atoms with E-state index in [1.165, 1.54) is 11.4 Å². The zero-order chi connectivity index (χ0) is 13.0. The molecule has 0 atom stereocenters. The summed E-state index contributed by atoms with van der Waals surface area (Å²) in [5.41, 5.74) is 4.66. The van der Waals surface area contributed by atoms with Gasteiger partial charge in [0.2, 0.25) is 0 Å². The van der Waals surface area contributed by atoms with Crippen molar-refractivity contribution in [2.24, 2.45) is 0 Å². The first-order chi connectivity index (χ1) is 8.77. The summed E-state index contributed by atoms with van der Waals surface area (Å²) >= 11 is 0. The van der Waals surface area contributed by atoms with Gasteiger partial charge in [-0.25, -0.2) is 0 Å². The van der Waals surface area contributed by atoms with E-state index in [1.54, 1.807) is 0 Å². The molecule has 1 aromatic carbocycles. The topological polar surface area (TPSA) is 3.24 Å². The lowest BCUT2D eigenvalue weighted by atomic mass is 10.0. The smallest absolute Gasteiger partial charge is 0.0487 e. The summed E-state index contributed by atoms with van der Waals surface area (Å²) in [6, 6.07) is 6.24. The summed E-state index contributed by atoms with van der Waals surface area (Å²) in [5.74, 6) is 0. The molecule has 1 aliphatic rings. The van der Waals surface area contributed by atoms with Crippen molar-refractivity contribution in [1.82, 2.24) is 0 Å². The van der Waals surface area contributed by atoms with Gasteiger partial charge in [-0.3, -0.25) is 0 Å². The summed E-state index contributed by atoms with van der Waals surface area (Å²) in [6.45, 7) is 7.77. The molecule has 0 fully saturated rings. The Kier molecular flexibility index (Phi) is 3.83. The Bertz CT molecular complexity index is 520. The van der Waals surface area contributed by atoms with Gasteiger partial charge in [0.1, 0.15) is 0 Å². The molecular weight excluding hydrogens is 218 g/mol. The summed E-state index contributed by atoms with van der Waals surface area (Å²) in [7, 11) is 2.09. The predicted octanol–water partition coefficient (Wildman–Crippen LogP) is 4.64. The SMILES string of the molecule is C=Cc1cccc(N(C)C2=CCCC=C2)c1C=C. The van der Waals surface area contributed by atoms with Crippen molar-refractivity contribution >= 4 is 17.8 Å². The molecule has 0 saturated carbocycles. The highest BCUT2D eigenvalue weighted by Gasteiger charge is 2.11. The van der Waals surface area contributed by atoms with Crippen molar-refractivity contribution < 1.29 is 0 Å². The first-order valence-electron chi connectivity index (χ1n) is 6.26. The highest BCUT2D eigenvalue weighted by Crippen LogP contribution is 2.28. The maximum atomic E-state index is 3.92. The number of rotatable bonds is 4. The minimum atomic E-state index is 1.11. The van der Waals surface area contributed by atoms with E-state index in [1.807, 2.05) is 12.2 Å². The number of hydrogen-bond acceptors (Lipinski definition) is 1. The summed E-state index contributed by atoms with van der Waals surface area (Å²) in [6.07, 6.45) is 12.7. The maximum absolute atomic E-state index is 3.92. The Hall–Kier alpha value is -2.02. The molecule has 1 heteroatoms. The average Bonchev–Trinajstić information content (AvgIpc) is 2.46. The molecular formula is C17H19N. The number of anilines is 1.